The molecule has 0 bridgehead atoms. The standard InChI is InChI=1S/C12H11N3O2/c13-8-3-4-14-12(5-8)15-9-1-2-10-11(6-9)17-7-16-10/h1-6H,7H2,(H3,13,14,15). The third kappa shape index (κ3) is 1.94. The summed E-state index contributed by atoms with van der Waals surface area (Å²) in [5.41, 5.74) is 7.23. The average molecular weight is 229 g/mol. The van der Waals surface area contributed by atoms with Crippen molar-refractivity contribution in [2.45, 2.75) is 0 Å². The van der Waals surface area contributed by atoms with Crippen molar-refractivity contribution >= 4 is 17.2 Å². The van der Waals surface area contributed by atoms with Crippen LogP contribution in [0.15, 0.2) is 36.5 Å². The molecule has 2 aromatic rings. The van der Waals surface area contributed by atoms with Gasteiger partial charge in [-0.05, 0) is 18.2 Å². The Morgan fingerprint density at radius 1 is 1.12 bits per heavy atom. The number of benzene rings is 1. The van der Waals surface area contributed by atoms with Gasteiger partial charge >= 0.3 is 0 Å². The Hall–Kier alpha value is -2.43. The second-order valence-electron chi connectivity index (χ2n) is 3.67. The highest BCUT2D eigenvalue weighted by Gasteiger charge is 2.13. The maximum absolute atomic E-state index is 5.68. The molecule has 1 aromatic heterocycles. The zero-order valence-corrected chi connectivity index (χ0v) is 9.01. The van der Waals surface area contributed by atoms with Crippen LogP contribution in [0.4, 0.5) is 17.2 Å². The molecule has 0 saturated heterocycles. The Morgan fingerprint density at radius 3 is 2.88 bits per heavy atom. The van der Waals surface area contributed by atoms with Gasteiger partial charge in [-0.1, -0.05) is 0 Å². The lowest BCUT2D eigenvalue weighted by molar-refractivity contribution is 0.174. The van der Waals surface area contributed by atoms with Gasteiger partial charge in [-0.25, -0.2) is 4.98 Å². The van der Waals surface area contributed by atoms with Crippen molar-refractivity contribution in [2.75, 3.05) is 17.8 Å². The summed E-state index contributed by atoms with van der Waals surface area (Å²) in [5, 5.41) is 3.15. The van der Waals surface area contributed by atoms with Gasteiger partial charge < -0.3 is 20.5 Å². The smallest absolute Gasteiger partial charge is 0.231 e. The average Bonchev–Trinajstić information content (AvgIpc) is 2.76. The molecule has 0 spiro atoms. The van der Waals surface area contributed by atoms with Gasteiger partial charge in [0, 0.05) is 29.7 Å². The fraction of sp³-hybridized carbons (Fsp3) is 0.0833. The SMILES string of the molecule is Nc1ccnc(Nc2ccc3c(c2)OCO3)c1. The zero-order chi connectivity index (χ0) is 11.7. The number of pyridine rings is 1. The van der Waals surface area contributed by atoms with Crippen LogP contribution in [-0.4, -0.2) is 11.8 Å². The lowest BCUT2D eigenvalue weighted by Crippen LogP contribution is -1.95. The van der Waals surface area contributed by atoms with Gasteiger partial charge in [0.25, 0.3) is 0 Å². The maximum Gasteiger partial charge on any atom is 0.231 e. The Labute approximate surface area is 98.2 Å². The van der Waals surface area contributed by atoms with Crippen molar-refractivity contribution in [1.29, 1.82) is 0 Å². The molecule has 1 aliphatic heterocycles. The number of anilines is 3. The molecule has 3 N–H and O–H groups in total. The van der Waals surface area contributed by atoms with Gasteiger partial charge in [-0.15, -0.1) is 0 Å². The van der Waals surface area contributed by atoms with E-state index in [-0.39, 0.29) is 6.79 Å². The van der Waals surface area contributed by atoms with Crippen molar-refractivity contribution < 1.29 is 9.47 Å². The molecule has 0 unspecified atom stereocenters. The normalized spacial score (nSPS) is 12.5. The third-order valence-corrected chi connectivity index (χ3v) is 2.43. The fourth-order valence-corrected chi connectivity index (χ4v) is 1.64. The largest absolute Gasteiger partial charge is 0.454 e. The molecule has 1 aromatic carbocycles. The topological polar surface area (TPSA) is 69.4 Å². The van der Waals surface area contributed by atoms with Crippen LogP contribution < -0.4 is 20.5 Å². The summed E-state index contributed by atoms with van der Waals surface area (Å²) in [6.07, 6.45) is 1.66. The maximum atomic E-state index is 5.68. The van der Waals surface area contributed by atoms with E-state index >= 15 is 0 Å². The van der Waals surface area contributed by atoms with Crippen LogP contribution in [0.3, 0.4) is 0 Å². The number of hydrogen-bond donors (Lipinski definition) is 2. The lowest BCUT2D eigenvalue weighted by atomic mass is 10.2. The first-order valence-corrected chi connectivity index (χ1v) is 5.19. The molecule has 5 heteroatoms. The molecule has 0 atom stereocenters. The highest BCUT2D eigenvalue weighted by molar-refractivity contribution is 5.63. The quantitative estimate of drug-likeness (QED) is 0.825. The number of nitrogens with one attached hydrogen (secondary N) is 1. The second kappa shape index (κ2) is 3.86. The summed E-state index contributed by atoms with van der Waals surface area (Å²) in [7, 11) is 0. The molecule has 0 aliphatic carbocycles. The highest BCUT2D eigenvalue weighted by Crippen LogP contribution is 2.34. The van der Waals surface area contributed by atoms with Gasteiger partial charge in [-0.2, -0.15) is 0 Å². The number of nitrogens with zero attached hydrogens (tertiary/aromatic N) is 1. The molecule has 0 amide bonds. The minimum absolute atomic E-state index is 0.273. The van der Waals surface area contributed by atoms with E-state index < -0.39 is 0 Å². The molecule has 2 heterocycles. The summed E-state index contributed by atoms with van der Waals surface area (Å²) in [6.45, 7) is 0.273. The lowest BCUT2D eigenvalue weighted by Gasteiger charge is -2.06. The molecule has 86 valence electrons. The van der Waals surface area contributed by atoms with Gasteiger partial charge in [0.15, 0.2) is 11.5 Å². The van der Waals surface area contributed by atoms with E-state index in [4.69, 9.17) is 15.2 Å². The number of rotatable bonds is 2. The Bertz CT molecular complexity index is 557. The van der Waals surface area contributed by atoms with Crippen LogP contribution in [-0.2, 0) is 0 Å². The van der Waals surface area contributed by atoms with E-state index in [9.17, 15) is 0 Å². The predicted molar refractivity (Wildman–Crippen MR) is 64.5 cm³/mol. The summed E-state index contributed by atoms with van der Waals surface area (Å²) >= 11 is 0. The van der Waals surface area contributed by atoms with Crippen LogP contribution in [0.2, 0.25) is 0 Å². The minimum Gasteiger partial charge on any atom is -0.454 e. The van der Waals surface area contributed by atoms with Gasteiger partial charge in [0.2, 0.25) is 6.79 Å². The number of ether oxygens (including phenoxy) is 2. The van der Waals surface area contributed by atoms with Crippen LogP contribution >= 0.6 is 0 Å². The fourth-order valence-electron chi connectivity index (χ4n) is 1.64. The number of hydrogen-bond acceptors (Lipinski definition) is 5. The number of aromatic nitrogens is 1. The third-order valence-electron chi connectivity index (χ3n) is 2.43. The van der Waals surface area contributed by atoms with Crippen molar-refractivity contribution in [3.05, 3.63) is 36.5 Å². The highest BCUT2D eigenvalue weighted by atomic mass is 16.7. The first-order valence-electron chi connectivity index (χ1n) is 5.19. The number of fused-ring (bicyclic) bond motifs is 1. The van der Waals surface area contributed by atoms with Crippen LogP contribution in [0.1, 0.15) is 0 Å². The minimum atomic E-state index is 0.273. The van der Waals surface area contributed by atoms with Crippen molar-refractivity contribution in [3.8, 4) is 11.5 Å². The number of nitrogens with two attached hydrogens (primary N) is 1. The van der Waals surface area contributed by atoms with Crippen LogP contribution in [0.5, 0.6) is 11.5 Å². The van der Waals surface area contributed by atoms with E-state index in [1.165, 1.54) is 0 Å². The van der Waals surface area contributed by atoms with E-state index in [1.807, 2.05) is 18.2 Å². The molecular formula is C12H11N3O2. The summed E-state index contributed by atoms with van der Waals surface area (Å²) in [6, 6.07) is 9.14. The Kier molecular flexibility index (Phi) is 2.22. The predicted octanol–water partition coefficient (Wildman–Crippen LogP) is 2.14. The van der Waals surface area contributed by atoms with Crippen molar-refractivity contribution in [3.63, 3.8) is 0 Å². The van der Waals surface area contributed by atoms with Gasteiger partial charge in [0.1, 0.15) is 5.82 Å². The molecular weight excluding hydrogens is 218 g/mol. The van der Waals surface area contributed by atoms with Crippen molar-refractivity contribution in [1.82, 2.24) is 4.98 Å². The first-order chi connectivity index (χ1) is 8.31. The Morgan fingerprint density at radius 2 is 2.00 bits per heavy atom. The van der Waals surface area contributed by atoms with Crippen molar-refractivity contribution in [2.24, 2.45) is 0 Å². The van der Waals surface area contributed by atoms with E-state index in [0.29, 0.717) is 11.5 Å². The van der Waals surface area contributed by atoms with E-state index in [0.717, 1.165) is 17.2 Å². The molecule has 17 heavy (non-hydrogen) atoms. The summed E-state index contributed by atoms with van der Waals surface area (Å²) < 4.78 is 10.5. The zero-order valence-electron chi connectivity index (χ0n) is 9.01. The molecule has 0 fully saturated rings. The summed E-state index contributed by atoms with van der Waals surface area (Å²) in [5.74, 6) is 2.19. The molecule has 5 nitrogen and oxygen atoms in total. The Balaban J connectivity index is 1.86. The molecule has 0 saturated carbocycles. The van der Waals surface area contributed by atoms with Crippen LogP contribution in [0, 0.1) is 0 Å². The van der Waals surface area contributed by atoms with E-state index in [2.05, 4.69) is 10.3 Å². The summed E-state index contributed by atoms with van der Waals surface area (Å²) in [4.78, 5) is 4.17. The molecule has 3 rings (SSSR count). The van der Waals surface area contributed by atoms with Crippen LogP contribution in [0.25, 0.3) is 0 Å². The monoisotopic (exact) mass is 229 g/mol. The molecule has 0 radical (unpaired) electrons. The first kappa shape index (κ1) is 9.77. The molecule has 1 aliphatic rings. The number of nitrogen functional groups attached to an aromatic ring is 1. The second-order valence-corrected chi connectivity index (χ2v) is 3.67. The van der Waals surface area contributed by atoms with Gasteiger partial charge in [0.05, 0.1) is 0 Å². The van der Waals surface area contributed by atoms with E-state index in [1.54, 1.807) is 18.3 Å². The van der Waals surface area contributed by atoms with Gasteiger partial charge in [-0.3, -0.25) is 0 Å².